The molecule has 3 aromatic rings. The van der Waals surface area contributed by atoms with Crippen LogP contribution in [-0.4, -0.2) is 9.97 Å². The molecule has 0 aliphatic rings. The largest absolute Gasteiger partial charge is 0.338 e. The molecule has 0 saturated carbocycles. The summed E-state index contributed by atoms with van der Waals surface area (Å²) in [6.45, 7) is 0. The van der Waals surface area contributed by atoms with Crippen LogP contribution in [0.1, 0.15) is 0 Å². The summed E-state index contributed by atoms with van der Waals surface area (Å²) in [6.07, 6.45) is 1.61. The van der Waals surface area contributed by atoms with E-state index in [4.69, 9.17) is 0 Å². The SMILES string of the molecule is Fc1ccccc1Nc1ccnc(Nc2ccc(Br)cc2)n1. The van der Waals surface area contributed by atoms with Crippen molar-refractivity contribution in [3.05, 3.63) is 71.1 Å². The highest BCUT2D eigenvalue weighted by Gasteiger charge is 2.04. The van der Waals surface area contributed by atoms with Crippen LogP contribution in [0, 0.1) is 5.82 Å². The van der Waals surface area contributed by atoms with Gasteiger partial charge in [0.25, 0.3) is 0 Å². The minimum atomic E-state index is -0.330. The van der Waals surface area contributed by atoms with Gasteiger partial charge >= 0.3 is 0 Å². The number of anilines is 4. The fourth-order valence-corrected chi connectivity index (χ4v) is 2.12. The van der Waals surface area contributed by atoms with Gasteiger partial charge in [0.2, 0.25) is 5.95 Å². The molecule has 0 spiro atoms. The topological polar surface area (TPSA) is 49.8 Å². The minimum Gasteiger partial charge on any atom is -0.338 e. The fourth-order valence-electron chi connectivity index (χ4n) is 1.85. The number of hydrogen-bond acceptors (Lipinski definition) is 4. The Morgan fingerprint density at radius 3 is 2.45 bits per heavy atom. The molecule has 0 aliphatic carbocycles. The molecule has 0 bridgehead atoms. The third-order valence-electron chi connectivity index (χ3n) is 2.89. The maximum absolute atomic E-state index is 13.6. The molecule has 0 aliphatic heterocycles. The lowest BCUT2D eigenvalue weighted by atomic mass is 10.3. The predicted molar refractivity (Wildman–Crippen MR) is 89.1 cm³/mol. The molecule has 0 amide bonds. The van der Waals surface area contributed by atoms with Crippen LogP contribution in [0.25, 0.3) is 0 Å². The van der Waals surface area contributed by atoms with E-state index in [-0.39, 0.29) is 5.82 Å². The van der Waals surface area contributed by atoms with Crippen LogP contribution in [0.3, 0.4) is 0 Å². The van der Waals surface area contributed by atoms with Crippen molar-refractivity contribution in [3.8, 4) is 0 Å². The third-order valence-corrected chi connectivity index (χ3v) is 3.42. The zero-order valence-electron chi connectivity index (χ0n) is 11.4. The van der Waals surface area contributed by atoms with Crippen LogP contribution in [0.15, 0.2) is 65.3 Å². The lowest BCUT2D eigenvalue weighted by Gasteiger charge is -2.09. The first-order valence-corrected chi connectivity index (χ1v) is 7.37. The van der Waals surface area contributed by atoms with Crippen molar-refractivity contribution in [2.45, 2.75) is 0 Å². The smallest absolute Gasteiger partial charge is 0.229 e. The van der Waals surface area contributed by atoms with E-state index in [9.17, 15) is 4.39 Å². The zero-order chi connectivity index (χ0) is 15.4. The number of hydrogen-bond donors (Lipinski definition) is 2. The van der Waals surface area contributed by atoms with E-state index in [1.54, 1.807) is 30.5 Å². The Morgan fingerprint density at radius 2 is 1.68 bits per heavy atom. The van der Waals surface area contributed by atoms with Crippen LogP contribution in [0.4, 0.5) is 27.5 Å². The highest BCUT2D eigenvalue weighted by molar-refractivity contribution is 9.10. The van der Waals surface area contributed by atoms with Crippen LogP contribution < -0.4 is 10.6 Å². The van der Waals surface area contributed by atoms with Crippen molar-refractivity contribution in [1.82, 2.24) is 9.97 Å². The first-order chi connectivity index (χ1) is 10.7. The molecule has 3 rings (SSSR count). The van der Waals surface area contributed by atoms with E-state index in [2.05, 4.69) is 36.5 Å². The van der Waals surface area contributed by atoms with Gasteiger partial charge in [-0.1, -0.05) is 28.1 Å². The van der Waals surface area contributed by atoms with E-state index >= 15 is 0 Å². The zero-order valence-corrected chi connectivity index (χ0v) is 13.0. The first-order valence-electron chi connectivity index (χ1n) is 6.58. The Kier molecular flexibility index (Phi) is 4.29. The Labute approximate surface area is 135 Å². The van der Waals surface area contributed by atoms with Crippen molar-refractivity contribution in [2.24, 2.45) is 0 Å². The van der Waals surface area contributed by atoms with Gasteiger partial charge in [0.15, 0.2) is 0 Å². The second-order valence-electron chi connectivity index (χ2n) is 4.50. The van der Waals surface area contributed by atoms with Crippen LogP contribution in [-0.2, 0) is 0 Å². The minimum absolute atomic E-state index is 0.330. The molecule has 1 aromatic heterocycles. The molecule has 0 atom stereocenters. The summed E-state index contributed by atoms with van der Waals surface area (Å²) in [5.74, 6) is 0.618. The highest BCUT2D eigenvalue weighted by atomic mass is 79.9. The Morgan fingerprint density at radius 1 is 0.909 bits per heavy atom. The highest BCUT2D eigenvalue weighted by Crippen LogP contribution is 2.20. The van der Waals surface area contributed by atoms with Crippen LogP contribution >= 0.6 is 15.9 Å². The molecule has 0 radical (unpaired) electrons. The molecule has 6 heteroatoms. The molecule has 22 heavy (non-hydrogen) atoms. The number of nitrogens with zero attached hydrogens (tertiary/aromatic N) is 2. The van der Waals surface area contributed by atoms with Crippen molar-refractivity contribution < 1.29 is 4.39 Å². The number of benzene rings is 2. The maximum Gasteiger partial charge on any atom is 0.229 e. The van der Waals surface area contributed by atoms with Gasteiger partial charge < -0.3 is 10.6 Å². The van der Waals surface area contributed by atoms with Gasteiger partial charge in [-0.3, -0.25) is 0 Å². The lowest BCUT2D eigenvalue weighted by molar-refractivity contribution is 0.632. The molecular weight excluding hydrogens is 347 g/mol. The Hall–Kier alpha value is -2.47. The van der Waals surface area contributed by atoms with Crippen molar-refractivity contribution in [1.29, 1.82) is 0 Å². The molecule has 0 unspecified atom stereocenters. The summed E-state index contributed by atoms with van der Waals surface area (Å²) in [6, 6.07) is 15.8. The predicted octanol–water partition coefficient (Wildman–Crippen LogP) is 4.87. The molecule has 2 aromatic carbocycles. The van der Waals surface area contributed by atoms with Gasteiger partial charge in [-0.2, -0.15) is 4.98 Å². The summed E-state index contributed by atoms with van der Waals surface area (Å²) in [7, 11) is 0. The average molecular weight is 359 g/mol. The van der Waals surface area contributed by atoms with Crippen molar-refractivity contribution in [3.63, 3.8) is 0 Å². The second-order valence-corrected chi connectivity index (χ2v) is 5.42. The molecule has 0 fully saturated rings. The maximum atomic E-state index is 13.6. The average Bonchev–Trinajstić information content (AvgIpc) is 2.52. The van der Waals surface area contributed by atoms with E-state index in [1.807, 2.05) is 24.3 Å². The quantitative estimate of drug-likeness (QED) is 0.698. The van der Waals surface area contributed by atoms with Gasteiger partial charge in [0, 0.05) is 16.4 Å². The number of rotatable bonds is 4. The van der Waals surface area contributed by atoms with Crippen LogP contribution in [0.5, 0.6) is 0 Å². The van der Waals surface area contributed by atoms with Gasteiger partial charge in [0.05, 0.1) is 5.69 Å². The van der Waals surface area contributed by atoms with E-state index < -0.39 is 0 Å². The fraction of sp³-hybridized carbons (Fsp3) is 0. The normalized spacial score (nSPS) is 10.3. The molecule has 1 heterocycles. The number of nitrogens with one attached hydrogen (secondary N) is 2. The Balaban J connectivity index is 1.78. The number of halogens is 2. The van der Waals surface area contributed by atoms with Crippen molar-refractivity contribution >= 4 is 39.1 Å². The van der Waals surface area contributed by atoms with Gasteiger partial charge in [-0.25, -0.2) is 9.37 Å². The lowest BCUT2D eigenvalue weighted by Crippen LogP contribution is -2.01. The number of para-hydroxylation sites is 1. The van der Waals surface area contributed by atoms with E-state index in [0.717, 1.165) is 10.2 Å². The summed E-state index contributed by atoms with van der Waals surface area (Å²) in [5.41, 5.74) is 1.24. The van der Waals surface area contributed by atoms with Gasteiger partial charge in [-0.05, 0) is 42.5 Å². The number of aromatic nitrogens is 2. The van der Waals surface area contributed by atoms with Gasteiger partial charge in [0.1, 0.15) is 11.6 Å². The standard InChI is InChI=1S/C16H12BrFN4/c17-11-5-7-12(8-6-11)20-16-19-10-9-15(22-16)21-14-4-2-1-3-13(14)18/h1-10H,(H2,19,20,21,22). The van der Waals surface area contributed by atoms with Crippen molar-refractivity contribution in [2.75, 3.05) is 10.6 Å². The summed E-state index contributed by atoms with van der Waals surface area (Å²) in [5, 5.41) is 6.03. The Bertz CT molecular complexity index is 777. The van der Waals surface area contributed by atoms with Gasteiger partial charge in [-0.15, -0.1) is 0 Å². The summed E-state index contributed by atoms with van der Waals surface area (Å²) in [4.78, 5) is 8.47. The molecule has 0 saturated heterocycles. The molecule has 2 N–H and O–H groups in total. The molecule has 4 nitrogen and oxygen atoms in total. The monoisotopic (exact) mass is 358 g/mol. The summed E-state index contributed by atoms with van der Waals surface area (Å²) >= 11 is 3.38. The van der Waals surface area contributed by atoms with E-state index in [1.165, 1.54) is 6.07 Å². The first kappa shape index (κ1) is 14.5. The molecule has 110 valence electrons. The third kappa shape index (κ3) is 3.59. The summed E-state index contributed by atoms with van der Waals surface area (Å²) < 4.78 is 14.6. The second kappa shape index (κ2) is 6.53. The van der Waals surface area contributed by atoms with Crippen LogP contribution in [0.2, 0.25) is 0 Å². The van der Waals surface area contributed by atoms with E-state index in [0.29, 0.717) is 17.5 Å². The molecular formula is C16H12BrFN4.